The number of rotatable bonds is 6. The molecule has 0 aromatic heterocycles. The van der Waals surface area contributed by atoms with Crippen LogP contribution in [0.4, 0.5) is 5.69 Å². The fourth-order valence-corrected chi connectivity index (χ4v) is 4.69. The van der Waals surface area contributed by atoms with Gasteiger partial charge in [-0.2, -0.15) is 0 Å². The van der Waals surface area contributed by atoms with Gasteiger partial charge in [-0.3, -0.25) is 19.3 Å². The quantitative estimate of drug-likeness (QED) is 0.451. The Morgan fingerprint density at radius 3 is 2.24 bits per heavy atom. The molecule has 5 atom stereocenters. The van der Waals surface area contributed by atoms with Gasteiger partial charge in [-0.1, -0.05) is 31.2 Å². The highest BCUT2D eigenvalue weighted by Gasteiger charge is 2.60. The van der Waals surface area contributed by atoms with E-state index in [0.29, 0.717) is 5.69 Å². The molecule has 3 amide bonds. The molecule has 2 fully saturated rings. The zero-order valence-corrected chi connectivity index (χ0v) is 16.5. The van der Waals surface area contributed by atoms with Gasteiger partial charge in [0.1, 0.15) is 6.04 Å². The van der Waals surface area contributed by atoms with Crippen LogP contribution in [0.1, 0.15) is 25.8 Å². The zero-order chi connectivity index (χ0) is 20.7. The van der Waals surface area contributed by atoms with Crippen LogP contribution in [0, 0.1) is 23.7 Å². The van der Waals surface area contributed by atoms with Crippen molar-refractivity contribution in [1.29, 1.82) is 0 Å². The number of hydrogen-bond acceptors (Lipinski definition) is 5. The summed E-state index contributed by atoms with van der Waals surface area (Å²) in [7, 11) is 0. The largest absolute Gasteiger partial charge is 0.454 e. The molecule has 7 heteroatoms. The lowest BCUT2D eigenvalue weighted by Gasteiger charge is -2.23. The van der Waals surface area contributed by atoms with Crippen LogP contribution in [0.5, 0.6) is 0 Å². The van der Waals surface area contributed by atoms with Gasteiger partial charge in [0, 0.05) is 5.69 Å². The molecule has 1 aromatic rings. The van der Waals surface area contributed by atoms with E-state index >= 15 is 0 Å². The molecule has 7 nitrogen and oxygen atoms in total. The normalized spacial score (nSPS) is 27.9. The number of nitrogens with one attached hydrogen (secondary N) is 1. The molecule has 1 N–H and O–H groups in total. The summed E-state index contributed by atoms with van der Waals surface area (Å²) >= 11 is 0. The lowest BCUT2D eigenvalue weighted by Crippen LogP contribution is -2.45. The summed E-state index contributed by atoms with van der Waals surface area (Å²) in [6.45, 7) is 3.03. The second-order valence-electron chi connectivity index (χ2n) is 7.93. The Labute approximate surface area is 169 Å². The van der Waals surface area contributed by atoms with Crippen LogP contribution in [-0.4, -0.2) is 41.2 Å². The number of ether oxygens (including phenoxy) is 1. The number of anilines is 1. The van der Waals surface area contributed by atoms with E-state index < -0.39 is 24.5 Å². The third-order valence-corrected chi connectivity index (χ3v) is 6.22. The highest BCUT2D eigenvalue weighted by Crippen LogP contribution is 2.52. The number of hydrogen-bond donors (Lipinski definition) is 1. The first-order valence-electron chi connectivity index (χ1n) is 10.0. The Hall–Kier alpha value is -2.96. The number of esters is 1. The number of allylic oxidation sites excluding steroid dienone is 2. The van der Waals surface area contributed by atoms with Gasteiger partial charge in [-0.25, -0.2) is 4.79 Å². The molecule has 0 radical (unpaired) electrons. The molecule has 2 aliphatic carbocycles. The SMILES string of the molecule is CCc1ccc(NC(=O)COC(=O)[C@H](C)N2C(=O)[C@H]3[C@H](C2=O)[C@H]2C=C[C@H]3C2)cc1. The van der Waals surface area contributed by atoms with Crippen LogP contribution in [0.15, 0.2) is 36.4 Å². The lowest BCUT2D eigenvalue weighted by molar-refractivity contribution is -0.159. The topological polar surface area (TPSA) is 92.8 Å². The first-order chi connectivity index (χ1) is 13.9. The minimum atomic E-state index is -1.04. The van der Waals surface area contributed by atoms with Crippen LogP contribution < -0.4 is 5.32 Å². The Morgan fingerprint density at radius 2 is 1.69 bits per heavy atom. The van der Waals surface area contributed by atoms with E-state index in [1.807, 2.05) is 31.2 Å². The maximum atomic E-state index is 12.7. The van der Waals surface area contributed by atoms with E-state index in [0.717, 1.165) is 23.3 Å². The number of aryl methyl sites for hydroxylation is 1. The minimum Gasteiger partial charge on any atom is -0.454 e. The van der Waals surface area contributed by atoms with E-state index in [9.17, 15) is 19.2 Å². The number of imide groups is 1. The summed E-state index contributed by atoms with van der Waals surface area (Å²) in [5.41, 5.74) is 1.76. The van der Waals surface area contributed by atoms with Crippen molar-refractivity contribution in [3.8, 4) is 0 Å². The summed E-state index contributed by atoms with van der Waals surface area (Å²) in [4.78, 5) is 51.0. The summed E-state index contributed by atoms with van der Waals surface area (Å²) in [5, 5.41) is 2.65. The molecule has 3 aliphatic rings. The molecule has 0 spiro atoms. The van der Waals surface area contributed by atoms with Crippen molar-refractivity contribution >= 4 is 29.4 Å². The maximum Gasteiger partial charge on any atom is 0.329 e. The minimum absolute atomic E-state index is 0.0829. The number of carbonyl (C=O) groups excluding carboxylic acids is 4. The summed E-state index contributed by atoms with van der Waals surface area (Å²) in [6, 6.07) is 6.34. The van der Waals surface area contributed by atoms with Crippen LogP contribution in [0.25, 0.3) is 0 Å². The summed E-state index contributed by atoms with van der Waals surface area (Å²) < 4.78 is 5.07. The number of amides is 3. The predicted octanol–water partition coefficient (Wildman–Crippen LogP) is 1.93. The van der Waals surface area contributed by atoms with Crippen molar-refractivity contribution in [2.75, 3.05) is 11.9 Å². The van der Waals surface area contributed by atoms with Crippen molar-refractivity contribution in [2.45, 2.75) is 32.7 Å². The molecule has 0 unspecified atom stereocenters. The monoisotopic (exact) mass is 396 g/mol. The summed E-state index contributed by atoms with van der Waals surface area (Å²) in [6.07, 6.45) is 5.73. The van der Waals surface area contributed by atoms with Crippen molar-refractivity contribution in [2.24, 2.45) is 23.7 Å². The molecule has 29 heavy (non-hydrogen) atoms. The zero-order valence-electron chi connectivity index (χ0n) is 16.5. The second kappa shape index (κ2) is 7.46. The first-order valence-corrected chi connectivity index (χ1v) is 10.0. The molecule has 1 aliphatic heterocycles. The van der Waals surface area contributed by atoms with E-state index in [4.69, 9.17) is 4.74 Å². The third kappa shape index (κ3) is 3.34. The number of fused-ring (bicyclic) bond motifs is 5. The van der Waals surface area contributed by atoms with Crippen molar-refractivity contribution in [1.82, 2.24) is 4.90 Å². The number of carbonyl (C=O) groups is 4. The van der Waals surface area contributed by atoms with Crippen LogP contribution in [0.2, 0.25) is 0 Å². The molecule has 152 valence electrons. The molecular formula is C22H24N2O5. The highest BCUT2D eigenvalue weighted by atomic mass is 16.5. The van der Waals surface area contributed by atoms with E-state index in [-0.39, 0.29) is 35.5 Å². The number of benzene rings is 1. The van der Waals surface area contributed by atoms with Crippen molar-refractivity contribution < 1.29 is 23.9 Å². The van der Waals surface area contributed by atoms with Crippen molar-refractivity contribution in [3.05, 3.63) is 42.0 Å². The van der Waals surface area contributed by atoms with Gasteiger partial charge in [0.15, 0.2) is 6.61 Å². The Kier molecular flexibility index (Phi) is 4.98. The van der Waals surface area contributed by atoms with Gasteiger partial charge in [0.25, 0.3) is 5.91 Å². The van der Waals surface area contributed by atoms with Gasteiger partial charge in [-0.15, -0.1) is 0 Å². The Morgan fingerprint density at radius 1 is 1.10 bits per heavy atom. The molecule has 1 aromatic carbocycles. The average Bonchev–Trinajstić information content (AvgIpc) is 3.40. The van der Waals surface area contributed by atoms with Crippen molar-refractivity contribution in [3.63, 3.8) is 0 Å². The van der Waals surface area contributed by atoms with Crippen LogP contribution >= 0.6 is 0 Å². The fourth-order valence-electron chi connectivity index (χ4n) is 4.69. The molecule has 1 saturated carbocycles. The van der Waals surface area contributed by atoms with Gasteiger partial charge >= 0.3 is 5.97 Å². The average molecular weight is 396 g/mol. The maximum absolute atomic E-state index is 12.7. The van der Waals surface area contributed by atoms with Gasteiger partial charge in [0.05, 0.1) is 11.8 Å². The predicted molar refractivity (Wildman–Crippen MR) is 104 cm³/mol. The van der Waals surface area contributed by atoms with Gasteiger partial charge < -0.3 is 10.1 Å². The summed E-state index contributed by atoms with van der Waals surface area (Å²) in [5.74, 6) is -2.40. The molecule has 4 rings (SSSR count). The smallest absolute Gasteiger partial charge is 0.329 e. The molecular weight excluding hydrogens is 372 g/mol. The lowest BCUT2D eigenvalue weighted by atomic mass is 9.85. The van der Waals surface area contributed by atoms with Gasteiger partial charge in [-0.05, 0) is 49.3 Å². The van der Waals surface area contributed by atoms with Gasteiger partial charge in [0.2, 0.25) is 11.8 Å². The van der Waals surface area contributed by atoms with E-state index in [1.54, 1.807) is 12.1 Å². The standard InChI is InChI=1S/C22H24N2O5/c1-3-13-4-8-16(9-5-13)23-17(25)11-29-22(28)12(2)24-20(26)18-14-6-7-15(10-14)19(18)21(24)27/h4-9,12,14-15,18-19H,3,10-11H2,1-2H3,(H,23,25)/t12-,14-,15-,18+,19+/m0/s1. The first kappa shape index (κ1) is 19.4. The Balaban J connectivity index is 1.32. The van der Waals surface area contributed by atoms with E-state index in [2.05, 4.69) is 5.32 Å². The van der Waals surface area contributed by atoms with E-state index in [1.165, 1.54) is 6.92 Å². The second-order valence-corrected chi connectivity index (χ2v) is 7.93. The van der Waals surface area contributed by atoms with Crippen LogP contribution in [0.3, 0.4) is 0 Å². The number of likely N-dealkylation sites (tertiary alicyclic amines) is 1. The molecule has 1 saturated heterocycles. The molecule has 1 heterocycles. The highest BCUT2D eigenvalue weighted by molar-refractivity contribution is 6.09. The number of nitrogens with zero attached hydrogens (tertiary/aromatic N) is 1. The third-order valence-electron chi connectivity index (χ3n) is 6.22. The fraction of sp³-hybridized carbons (Fsp3) is 0.455. The Bertz CT molecular complexity index is 861. The molecule has 2 bridgehead atoms. The van der Waals surface area contributed by atoms with Crippen LogP contribution in [-0.2, 0) is 30.3 Å².